The molecule has 9 heteroatoms. The summed E-state index contributed by atoms with van der Waals surface area (Å²) in [5.41, 5.74) is 5.72. The highest BCUT2D eigenvalue weighted by Gasteiger charge is 2.21. The number of aromatic amines is 1. The number of hydrogen-bond acceptors (Lipinski definition) is 7. The second-order valence-corrected chi connectivity index (χ2v) is 7.79. The maximum Gasteiger partial charge on any atom is 0.161 e. The van der Waals surface area contributed by atoms with E-state index in [1.807, 2.05) is 36.1 Å². The molecule has 0 atom stereocenters. The molecule has 5 aromatic rings. The van der Waals surface area contributed by atoms with E-state index in [-0.39, 0.29) is 0 Å². The van der Waals surface area contributed by atoms with E-state index >= 15 is 0 Å². The van der Waals surface area contributed by atoms with Gasteiger partial charge >= 0.3 is 0 Å². The van der Waals surface area contributed by atoms with E-state index in [1.165, 1.54) is 19.3 Å². The van der Waals surface area contributed by atoms with Gasteiger partial charge in [-0.25, -0.2) is 15.0 Å². The summed E-state index contributed by atoms with van der Waals surface area (Å²) in [6, 6.07) is 5.91. The smallest absolute Gasteiger partial charge is 0.161 e. The van der Waals surface area contributed by atoms with Crippen molar-refractivity contribution in [1.82, 2.24) is 39.7 Å². The van der Waals surface area contributed by atoms with Crippen molar-refractivity contribution < 1.29 is 0 Å². The van der Waals surface area contributed by atoms with Crippen LogP contribution in [0, 0.1) is 0 Å². The van der Waals surface area contributed by atoms with Crippen LogP contribution in [0.25, 0.3) is 45.0 Å². The molecule has 1 saturated heterocycles. The first-order valence-corrected chi connectivity index (χ1v) is 10.5. The number of nitrogens with zero attached hydrogens (tertiary/aromatic N) is 8. The summed E-state index contributed by atoms with van der Waals surface area (Å²) in [5.74, 6) is 1.63. The molecule has 0 unspecified atom stereocenters. The number of aryl methyl sites for hydroxylation is 1. The molecule has 0 radical (unpaired) electrons. The van der Waals surface area contributed by atoms with Crippen LogP contribution in [0.15, 0.2) is 43.0 Å². The third kappa shape index (κ3) is 3.00. The van der Waals surface area contributed by atoms with Crippen molar-refractivity contribution in [2.45, 2.75) is 19.3 Å². The second-order valence-electron chi connectivity index (χ2n) is 7.79. The van der Waals surface area contributed by atoms with Crippen LogP contribution in [0.5, 0.6) is 0 Å². The Morgan fingerprint density at radius 3 is 2.61 bits per heavy atom. The lowest BCUT2D eigenvalue weighted by atomic mass is 10.1. The normalized spacial score (nSPS) is 14.5. The van der Waals surface area contributed by atoms with Gasteiger partial charge in [-0.05, 0) is 37.5 Å². The predicted octanol–water partition coefficient (Wildman–Crippen LogP) is 3.35. The monoisotopic (exact) mass is 411 g/mol. The zero-order valence-corrected chi connectivity index (χ0v) is 17.2. The fraction of sp³-hybridized carbons (Fsp3) is 0.273. The Bertz CT molecular complexity index is 1380. The van der Waals surface area contributed by atoms with E-state index in [2.05, 4.69) is 24.8 Å². The second kappa shape index (κ2) is 7.12. The van der Waals surface area contributed by atoms with Gasteiger partial charge in [-0.3, -0.25) is 14.6 Å². The Kier molecular flexibility index (Phi) is 4.12. The minimum atomic E-state index is 0.690. The standard InChI is InChI=1S/C22H21N9/c1-30-17-6-5-14(16-13-23-9-10-24-16)26-19(17)20(29-30)21-27-15-7-8-25-22(18(15)28-21)31-11-3-2-4-12-31/h5-10,13H,2-4,11-12H2,1H3,(H,27,28). The number of H-pyrrole nitrogens is 1. The highest BCUT2D eigenvalue weighted by Crippen LogP contribution is 2.31. The Balaban J connectivity index is 1.50. The van der Waals surface area contributed by atoms with E-state index in [0.29, 0.717) is 11.5 Å². The van der Waals surface area contributed by atoms with Crippen LogP contribution in [0.1, 0.15) is 19.3 Å². The molecule has 5 aromatic heterocycles. The van der Waals surface area contributed by atoms with Crippen molar-refractivity contribution in [3.63, 3.8) is 0 Å². The van der Waals surface area contributed by atoms with Crippen molar-refractivity contribution in [3.8, 4) is 22.9 Å². The molecule has 1 aliphatic heterocycles. The summed E-state index contributed by atoms with van der Waals surface area (Å²) in [7, 11) is 1.92. The highest BCUT2D eigenvalue weighted by molar-refractivity contribution is 5.94. The van der Waals surface area contributed by atoms with Crippen LogP contribution < -0.4 is 4.90 Å². The number of rotatable bonds is 3. The molecule has 6 rings (SSSR count). The van der Waals surface area contributed by atoms with Crippen molar-refractivity contribution >= 4 is 27.9 Å². The van der Waals surface area contributed by atoms with Gasteiger partial charge in [0.25, 0.3) is 0 Å². The molecule has 154 valence electrons. The fourth-order valence-electron chi connectivity index (χ4n) is 4.24. The molecule has 1 fully saturated rings. The van der Waals surface area contributed by atoms with Gasteiger partial charge in [0.1, 0.15) is 16.7 Å². The minimum Gasteiger partial charge on any atom is -0.355 e. The predicted molar refractivity (Wildman–Crippen MR) is 118 cm³/mol. The van der Waals surface area contributed by atoms with Crippen LogP contribution in [0.3, 0.4) is 0 Å². The first-order chi connectivity index (χ1) is 15.3. The lowest BCUT2D eigenvalue weighted by Gasteiger charge is -2.27. The summed E-state index contributed by atoms with van der Waals surface area (Å²) in [5, 5.41) is 4.72. The maximum absolute atomic E-state index is 4.92. The van der Waals surface area contributed by atoms with Gasteiger partial charge in [0.05, 0.1) is 22.9 Å². The number of fused-ring (bicyclic) bond motifs is 2. The van der Waals surface area contributed by atoms with Crippen LogP contribution in [-0.4, -0.2) is 52.8 Å². The molecule has 0 amide bonds. The highest BCUT2D eigenvalue weighted by atomic mass is 15.3. The molecule has 1 aliphatic rings. The van der Waals surface area contributed by atoms with Crippen LogP contribution in [-0.2, 0) is 7.05 Å². The number of pyridine rings is 2. The molecule has 0 aromatic carbocycles. The molecule has 0 saturated carbocycles. The topological polar surface area (TPSA) is 101 Å². The number of imidazole rings is 1. The number of aromatic nitrogens is 8. The van der Waals surface area contributed by atoms with Gasteiger partial charge in [-0.15, -0.1) is 0 Å². The molecule has 6 heterocycles. The van der Waals surface area contributed by atoms with Gasteiger partial charge in [0, 0.05) is 38.7 Å². The van der Waals surface area contributed by atoms with Gasteiger partial charge in [-0.1, -0.05) is 0 Å². The molecule has 0 bridgehead atoms. The molecule has 9 nitrogen and oxygen atoms in total. The molecular weight excluding hydrogens is 390 g/mol. The first kappa shape index (κ1) is 17.9. The zero-order chi connectivity index (χ0) is 20.8. The van der Waals surface area contributed by atoms with Crippen molar-refractivity contribution in [3.05, 3.63) is 43.0 Å². The van der Waals surface area contributed by atoms with E-state index in [1.54, 1.807) is 18.6 Å². The summed E-state index contributed by atoms with van der Waals surface area (Å²) < 4.78 is 1.83. The third-order valence-electron chi connectivity index (χ3n) is 5.78. The summed E-state index contributed by atoms with van der Waals surface area (Å²) in [4.78, 5) is 28.7. The Morgan fingerprint density at radius 1 is 0.871 bits per heavy atom. The Hall–Kier alpha value is -3.88. The van der Waals surface area contributed by atoms with E-state index in [4.69, 9.17) is 15.1 Å². The van der Waals surface area contributed by atoms with Crippen molar-refractivity contribution in [1.29, 1.82) is 0 Å². The SMILES string of the molecule is Cn1nc(-c2nc3c(N4CCCCC4)nccc3[nH]2)c2nc(-c3cnccn3)ccc21. The number of piperidine rings is 1. The van der Waals surface area contributed by atoms with Crippen molar-refractivity contribution in [2.75, 3.05) is 18.0 Å². The zero-order valence-electron chi connectivity index (χ0n) is 17.2. The summed E-state index contributed by atoms with van der Waals surface area (Å²) in [6.45, 7) is 2.04. The third-order valence-corrected chi connectivity index (χ3v) is 5.78. The van der Waals surface area contributed by atoms with Gasteiger partial charge < -0.3 is 9.88 Å². The van der Waals surface area contributed by atoms with Gasteiger partial charge in [0.2, 0.25) is 0 Å². The summed E-state index contributed by atoms with van der Waals surface area (Å²) >= 11 is 0. The van der Waals surface area contributed by atoms with E-state index < -0.39 is 0 Å². The van der Waals surface area contributed by atoms with Crippen molar-refractivity contribution in [2.24, 2.45) is 7.05 Å². The molecule has 0 aliphatic carbocycles. The molecule has 1 N–H and O–H groups in total. The molecule has 0 spiro atoms. The van der Waals surface area contributed by atoms with Crippen LogP contribution in [0.2, 0.25) is 0 Å². The minimum absolute atomic E-state index is 0.690. The van der Waals surface area contributed by atoms with Gasteiger partial charge in [-0.2, -0.15) is 5.10 Å². The maximum atomic E-state index is 4.92. The average molecular weight is 411 g/mol. The Labute approximate surface area is 178 Å². The largest absolute Gasteiger partial charge is 0.355 e. The quantitative estimate of drug-likeness (QED) is 0.486. The molecule has 31 heavy (non-hydrogen) atoms. The van der Waals surface area contributed by atoms with Gasteiger partial charge in [0.15, 0.2) is 17.3 Å². The van der Waals surface area contributed by atoms with E-state index in [9.17, 15) is 0 Å². The first-order valence-electron chi connectivity index (χ1n) is 10.5. The summed E-state index contributed by atoms with van der Waals surface area (Å²) in [6.07, 6.45) is 10.5. The van der Waals surface area contributed by atoms with Crippen LogP contribution in [0.4, 0.5) is 5.82 Å². The lowest BCUT2D eigenvalue weighted by Crippen LogP contribution is -2.30. The Morgan fingerprint density at radius 2 is 1.77 bits per heavy atom. The van der Waals surface area contributed by atoms with E-state index in [0.717, 1.165) is 52.4 Å². The number of nitrogens with one attached hydrogen (secondary N) is 1. The lowest BCUT2D eigenvalue weighted by molar-refractivity contribution is 0.574. The van der Waals surface area contributed by atoms with Crippen LogP contribution >= 0.6 is 0 Å². The molecular formula is C22H21N9. The number of anilines is 1. The fourth-order valence-corrected chi connectivity index (χ4v) is 4.24. The average Bonchev–Trinajstić information content (AvgIpc) is 3.41. The number of hydrogen-bond donors (Lipinski definition) is 1.